The van der Waals surface area contributed by atoms with Crippen molar-refractivity contribution in [1.29, 1.82) is 0 Å². The smallest absolute Gasteiger partial charge is 0.0622 e. The summed E-state index contributed by atoms with van der Waals surface area (Å²) >= 11 is 0. The molecule has 3 heteroatoms. The van der Waals surface area contributed by atoms with E-state index in [0.29, 0.717) is 0 Å². The van der Waals surface area contributed by atoms with Gasteiger partial charge >= 0.3 is 19.0 Å². The van der Waals surface area contributed by atoms with Crippen LogP contribution in [0.25, 0.3) is 61.6 Å². The van der Waals surface area contributed by atoms with Crippen molar-refractivity contribution in [2.75, 3.05) is 0 Å². The van der Waals surface area contributed by atoms with E-state index in [2.05, 4.69) is 222 Å². The predicted octanol–water partition coefficient (Wildman–Crippen LogP) is 9.82. The lowest BCUT2D eigenvalue weighted by Gasteiger charge is -2.21. The highest BCUT2D eigenvalue weighted by Gasteiger charge is 2.35. The Labute approximate surface area is 299 Å². The van der Waals surface area contributed by atoms with Crippen LogP contribution in [0.15, 0.2) is 195 Å². The molecular formula is C48H38N3+3. The third kappa shape index (κ3) is 5.63. The molecule has 0 spiro atoms. The molecule has 0 saturated heterocycles. The predicted molar refractivity (Wildman–Crippen MR) is 205 cm³/mol. The topological polar surface area (TPSA) is 11.6 Å². The van der Waals surface area contributed by atoms with E-state index >= 15 is 0 Å². The van der Waals surface area contributed by atoms with E-state index in [0.717, 1.165) is 17.1 Å². The van der Waals surface area contributed by atoms with Gasteiger partial charge in [-0.05, 0) is 98.1 Å². The van der Waals surface area contributed by atoms with Gasteiger partial charge in [0.15, 0.2) is 0 Å². The summed E-state index contributed by atoms with van der Waals surface area (Å²) < 4.78 is 6.57. The van der Waals surface area contributed by atoms with E-state index in [9.17, 15) is 0 Å². The van der Waals surface area contributed by atoms with Crippen molar-refractivity contribution >= 4 is 0 Å². The number of aromatic nitrogens is 3. The maximum atomic E-state index is 2.37. The van der Waals surface area contributed by atoms with Gasteiger partial charge in [-0.1, -0.05) is 125 Å². The molecule has 1 aliphatic carbocycles. The molecule has 7 aromatic carbocycles. The highest BCUT2D eigenvalue weighted by Crippen LogP contribution is 2.49. The molecule has 0 aliphatic heterocycles. The minimum atomic E-state index is 0.00669. The van der Waals surface area contributed by atoms with E-state index in [1.807, 2.05) is 0 Å². The number of benzene rings is 7. The average Bonchev–Trinajstić information content (AvgIpc) is 3.44. The second-order valence-corrected chi connectivity index (χ2v) is 13.9. The van der Waals surface area contributed by atoms with E-state index in [4.69, 9.17) is 0 Å². The first-order valence-electron chi connectivity index (χ1n) is 17.6. The lowest BCUT2D eigenvalue weighted by atomic mass is 9.82. The summed E-state index contributed by atoms with van der Waals surface area (Å²) in [5, 5.41) is 0. The Morgan fingerprint density at radius 3 is 1.14 bits per heavy atom. The maximum Gasteiger partial charge on any atom is 0.428 e. The quantitative estimate of drug-likeness (QED) is 0.158. The summed E-state index contributed by atoms with van der Waals surface area (Å²) in [5.41, 5.74) is 16.0. The Morgan fingerprint density at radius 2 is 0.667 bits per heavy atom. The number of fused-ring (bicyclic) bond motifs is 3. The van der Waals surface area contributed by atoms with Crippen molar-refractivity contribution in [2.45, 2.75) is 19.3 Å². The summed E-state index contributed by atoms with van der Waals surface area (Å²) in [5.74, 6) is 0. The molecule has 1 aromatic heterocycles. The fraction of sp³-hybridized carbons (Fsp3) is 0.0625. The zero-order valence-corrected chi connectivity index (χ0v) is 28.8. The molecule has 3 nitrogen and oxygen atoms in total. The minimum absolute atomic E-state index is 0.00669. The zero-order chi connectivity index (χ0) is 34.4. The molecular weight excluding hydrogens is 619 g/mol. The standard InChI is InChI=1S/C48H38N3/c1-48(2)46-16-10-9-15-44(46)45-31-40(23-30-47(45)48)39-21-28-43(29-22-39)51-33-49(41-24-17-37(18-25-41)35-11-5-3-6-12-35)32-50(34-51)42-26-19-38(20-27-42)36-13-7-4-8-14-36/h3-34H,1-2H3/q+3. The van der Waals surface area contributed by atoms with Gasteiger partial charge in [-0.3, -0.25) is 0 Å². The van der Waals surface area contributed by atoms with E-state index in [-0.39, 0.29) is 5.41 Å². The summed E-state index contributed by atoms with van der Waals surface area (Å²) in [6.07, 6.45) is 6.44. The number of hydrogen-bond acceptors (Lipinski definition) is 0. The van der Waals surface area contributed by atoms with Crippen LogP contribution in [-0.2, 0) is 5.41 Å². The van der Waals surface area contributed by atoms with Gasteiger partial charge in [-0.2, -0.15) is 0 Å². The lowest BCUT2D eigenvalue weighted by Crippen LogP contribution is -2.55. The normalized spacial score (nSPS) is 12.7. The Kier molecular flexibility index (Phi) is 7.48. The van der Waals surface area contributed by atoms with Crippen molar-refractivity contribution in [2.24, 2.45) is 0 Å². The van der Waals surface area contributed by atoms with Gasteiger partial charge in [0.05, 0.1) is 0 Å². The zero-order valence-electron chi connectivity index (χ0n) is 28.8. The van der Waals surface area contributed by atoms with Crippen molar-refractivity contribution in [3.63, 3.8) is 0 Å². The molecule has 242 valence electrons. The van der Waals surface area contributed by atoms with Gasteiger partial charge in [-0.15, -0.1) is 0 Å². The van der Waals surface area contributed by atoms with Crippen LogP contribution in [-0.4, -0.2) is 0 Å². The Balaban J connectivity index is 1.09. The molecule has 0 N–H and O–H groups in total. The first-order chi connectivity index (χ1) is 25.0. The highest BCUT2D eigenvalue weighted by atomic mass is 15.2. The Hall–Kier alpha value is -6.45. The fourth-order valence-corrected chi connectivity index (χ4v) is 7.53. The third-order valence-corrected chi connectivity index (χ3v) is 10.4. The monoisotopic (exact) mass is 656 g/mol. The lowest BCUT2D eigenvalue weighted by molar-refractivity contribution is -0.858. The van der Waals surface area contributed by atoms with E-state index in [1.54, 1.807) is 0 Å². The first kappa shape index (κ1) is 30.6. The van der Waals surface area contributed by atoms with Gasteiger partial charge in [0.25, 0.3) is 0 Å². The van der Waals surface area contributed by atoms with Crippen LogP contribution in [0.5, 0.6) is 0 Å². The molecule has 0 atom stereocenters. The molecule has 51 heavy (non-hydrogen) atoms. The van der Waals surface area contributed by atoms with Crippen molar-refractivity contribution in [1.82, 2.24) is 0 Å². The summed E-state index contributed by atoms with van der Waals surface area (Å²) in [7, 11) is 0. The highest BCUT2D eigenvalue weighted by molar-refractivity contribution is 5.84. The number of rotatable bonds is 6. The largest absolute Gasteiger partial charge is 0.428 e. The molecule has 8 aromatic rings. The van der Waals surface area contributed by atoms with Gasteiger partial charge in [0, 0.05) is 41.8 Å². The van der Waals surface area contributed by atoms with E-state index < -0.39 is 0 Å². The molecule has 0 fully saturated rings. The molecule has 0 radical (unpaired) electrons. The molecule has 0 saturated carbocycles. The van der Waals surface area contributed by atoms with Gasteiger partial charge in [0.1, 0.15) is 0 Å². The van der Waals surface area contributed by atoms with E-state index in [1.165, 1.54) is 55.6 Å². The van der Waals surface area contributed by atoms with Crippen LogP contribution in [0.4, 0.5) is 0 Å². The van der Waals surface area contributed by atoms with Crippen LogP contribution >= 0.6 is 0 Å². The average molecular weight is 657 g/mol. The van der Waals surface area contributed by atoms with Crippen molar-refractivity contribution < 1.29 is 13.7 Å². The fourth-order valence-electron chi connectivity index (χ4n) is 7.53. The van der Waals surface area contributed by atoms with Gasteiger partial charge in [0.2, 0.25) is 17.1 Å². The van der Waals surface area contributed by atoms with Crippen LogP contribution in [0.3, 0.4) is 0 Å². The minimum Gasteiger partial charge on any atom is -0.0622 e. The van der Waals surface area contributed by atoms with Crippen LogP contribution in [0, 0.1) is 0 Å². The van der Waals surface area contributed by atoms with Gasteiger partial charge < -0.3 is 0 Å². The molecule has 1 heterocycles. The summed E-state index contributed by atoms with van der Waals surface area (Å²) in [6, 6.07) is 63.3. The Bertz CT molecular complexity index is 2400. The molecule has 0 bridgehead atoms. The van der Waals surface area contributed by atoms with Crippen molar-refractivity contribution in [3.05, 3.63) is 206 Å². The van der Waals surface area contributed by atoms with Crippen LogP contribution < -0.4 is 13.7 Å². The van der Waals surface area contributed by atoms with Gasteiger partial charge in [-0.25, -0.2) is 0 Å². The Morgan fingerprint density at radius 1 is 0.314 bits per heavy atom. The maximum absolute atomic E-state index is 2.37. The summed E-state index contributed by atoms with van der Waals surface area (Å²) in [4.78, 5) is 0. The second kappa shape index (κ2) is 12.5. The SMILES string of the molecule is CC1(C)c2ccccc2-c2cc(-c3ccc(-[n+]4c[n+](-c5ccc(-c6ccccc6)cc5)c[n+](-c5ccc(-c6ccccc6)cc5)c4)cc3)ccc21. The summed E-state index contributed by atoms with van der Waals surface area (Å²) in [6.45, 7) is 4.66. The number of nitrogens with zero attached hydrogens (tertiary/aromatic N) is 3. The molecule has 1 aliphatic rings. The first-order valence-corrected chi connectivity index (χ1v) is 17.6. The third-order valence-electron chi connectivity index (χ3n) is 10.4. The van der Waals surface area contributed by atoms with Crippen LogP contribution in [0.1, 0.15) is 25.0 Å². The van der Waals surface area contributed by atoms with Crippen LogP contribution in [0.2, 0.25) is 0 Å². The second-order valence-electron chi connectivity index (χ2n) is 13.9. The molecule has 0 amide bonds. The number of hydrogen-bond donors (Lipinski definition) is 0. The van der Waals surface area contributed by atoms with Crippen molar-refractivity contribution in [3.8, 4) is 61.6 Å². The molecule has 0 unspecified atom stereocenters. The molecule has 9 rings (SSSR count).